The maximum absolute atomic E-state index is 11.5. The van der Waals surface area contributed by atoms with Crippen LogP contribution in [0.5, 0.6) is 0 Å². The van der Waals surface area contributed by atoms with Crippen LogP contribution in [-0.2, 0) is 20.2 Å². The van der Waals surface area contributed by atoms with Gasteiger partial charge in [0.2, 0.25) is 0 Å². The van der Waals surface area contributed by atoms with E-state index in [9.17, 15) is 25.9 Å². The van der Waals surface area contributed by atoms with Crippen LogP contribution >= 0.6 is 0 Å². The zero-order valence-electron chi connectivity index (χ0n) is 15.7. The first kappa shape index (κ1) is 20.9. The highest BCUT2D eigenvalue weighted by Gasteiger charge is 2.14. The zero-order valence-corrected chi connectivity index (χ0v) is 17.3. The van der Waals surface area contributed by atoms with E-state index in [1.54, 1.807) is 42.5 Å². The lowest BCUT2D eigenvalue weighted by atomic mass is 10.1. The van der Waals surface area contributed by atoms with Crippen molar-refractivity contribution in [2.45, 2.75) is 9.79 Å². The SMILES string of the molecule is O=S(=O)(O)c1cccc2cc(/N=N/Nc3ccc4c(S(=O)(=O)O)cccc4c3)ccc12. The van der Waals surface area contributed by atoms with E-state index in [4.69, 9.17) is 0 Å². The molecule has 0 radical (unpaired) electrons. The largest absolute Gasteiger partial charge is 0.295 e. The second-order valence-corrected chi connectivity index (χ2v) is 9.40. The molecule has 0 bridgehead atoms. The molecule has 0 aliphatic carbocycles. The molecule has 0 unspecified atom stereocenters. The van der Waals surface area contributed by atoms with Gasteiger partial charge in [0.15, 0.2) is 0 Å². The molecule has 0 amide bonds. The van der Waals surface area contributed by atoms with Gasteiger partial charge in [0.25, 0.3) is 20.2 Å². The Kier molecular flexibility index (Phi) is 5.19. The molecule has 0 aromatic heterocycles. The van der Waals surface area contributed by atoms with Gasteiger partial charge in [-0.25, -0.2) is 0 Å². The third kappa shape index (κ3) is 4.39. The molecule has 4 aromatic carbocycles. The summed E-state index contributed by atoms with van der Waals surface area (Å²) in [5, 5.41) is 9.84. The minimum absolute atomic E-state index is 0.182. The van der Waals surface area contributed by atoms with Gasteiger partial charge in [-0.2, -0.15) is 16.8 Å². The van der Waals surface area contributed by atoms with Crippen molar-refractivity contribution in [1.29, 1.82) is 0 Å². The van der Waals surface area contributed by atoms with Crippen LogP contribution < -0.4 is 5.43 Å². The molecule has 4 aromatic rings. The summed E-state index contributed by atoms with van der Waals surface area (Å²) < 4.78 is 64.6. The first-order valence-corrected chi connectivity index (χ1v) is 11.7. The van der Waals surface area contributed by atoms with Gasteiger partial charge in [-0.05, 0) is 47.2 Å². The lowest BCUT2D eigenvalue weighted by Gasteiger charge is -2.06. The summed E-state index contributed by atoms with van der Waals surface area (Å²) in [6.07, 6.45) is 0. The molecular formula is C20H15N3O6S2. The fraction of sp³-hybridized carbons (Fsp3) is 0. The van der Waals surface area contributed by atoms with Crippen LogP contribution in [0.1, 0.15) is 0 Å². The van der Waals surface area contributed by atoms with Crippen molar-refractivity contribution >= 4 is 53.2 Å². The Hall–Kier alpha value is -3.38. The second-order valence-electron chi connectivity index (χ2n) is 6.62. The molecule has 0 fully saturated rings. The van der Waals surface area contributed by atoms with Crippen molar-refractivity contribution in [2.75, 3.05) is 5.43 Å². The topological polar surface area (TPSA) is 145 Å². The number of hydrogen-bond acceptors (Lipinski definition) is 6. The molecule has 158 valence electrons. The summed E-state index contributed by atoms with van der Waals surface area (Å²) in [5.74, 6) is 0. The van der Waals surface area contributed by atoms with Crippen LogP contribution in [0.3, 0.4) is 0 Å². The molecule has 0 atom stereocenters. The third-order valence-electron chi connectivity index (χ3n) is 4.56. The van der Waals surface area contributed by atoms with Crippen LogP contribution in [0.25, 0.3) is 21.5 Å². The number of benzene rings is 4. The average Bonchev–Trinajstić information content (AvgIpc) is 2.71. The van der Waals surface area contributed by atoms with Crippen molar-refractivity contribution < 1.29 is 25.9 Å². The van der Waals surface area contributed by atoms with Gasteiger partial charge < -0.3 is 0 Å². The van der Waals surface area contributed by atoms with E-state index in [1.165, 1.54) is 30.3 Å². The molecule has 4 rings (SSSR count). The van der Waals surface area contributed by atoms with E-state index in [0.717, 1.165) is 0 Å². The Morgan fingerprint density at radius 2 is 1.23 bits per heavy atom. The standard InChI is InChI=1S/C20H15N3O6S2/c24-30(25,26)19-5-1-3-13-11-15(7-9-17(13)19)21-23-22-16-8-10-18-14(12-16)4-2-6-20(18)31(27,28)29/h1-12H,(H,21,22)(H,24,25,26)(H,27,28,29). The van der Waals surface area contributed by atoms with Gasteiger partial charge in [-0.15, -0.1) is 5.11 Å². The number of hydrogen-bond donors (Lipinski definition) is 3. The highest BCUT2D eigenvalue weighted by atomic mass is 32.2. The number of nitrogens with zero attached hydrogens (tertiary/aromatic N) is 2. The van der Waals surface area contributed by atoms with Gasteiger partial charge in [0.05, 0.1) is 11.4 Å². The summed E-state index contributed by atoms with van der Waals surface area (Å²) in [6.45, 7) is 0. The maximum atomic E-state index is 11.5. The minimum atomic E-state index is -4.35. The Morgan fingerprint density at radius 3 is 1.81 bits per heavy atom. The van der Waals surface area contributed by atoms with Gasteiger partial charge in [0, 0.05) is 10.8 Å². The van der Waals surface area contributed by atoms with Gasteiger partial charge >= 0.3 is 0 Å². The molecule has 0 spiro atoms. The molecule has 0 saturated carbocycles. The maximum Gasteiger partial charge on any atom is 0.295 e. The van der Waals surface area contributed by atoms with Crippen LogP contribution in [0.2, 0.25) is 0 Å². The lowest BCUT2D eigenvalue weighted by Crippen LogP contribution is -1.99. The molecule has 9 nitrogen and oxygen atoms in total. The predicted octanol–water partition coefficient (Wildman–Crippen LogP) is 4.60. The van der Waals surface area contributed by atoms with Crippen LogP contribution in [0.15, 0.2) is 92.9 Å². The lowest BCUT2D eigenvalue weighted by molar-refractivity contribution is 0.482. The Balaban J connectivity index is 1.60. The van der Waals surface area contributed by atoms with Gasteiger partial charge in [-0.1, -0.05) is 41.6 Å². The number of rotatable bonds is 5. The fourth-order valence-corrected chi connectivity index (χ4v) is 4.65. The molecule has 31 heavy (non-hydrogen) atoms. The number of fused-ring (bicyclic) bond motifs is 2. The highest BCUT2D eigenvalue weighted by Crippen LogP contribution is 2.28. The molecule has 0 aliphatic heterocycles. The molecule has 11 heteroatoms. The molecule has 3 N–H and O–H groups in total. The molecular weight excluding hydrogens is 442 g/mol. The average molecular weight is 457 g/mol. The quantitative estimate of drug-likeness (QED) is 0.225. The molecule has 0 saturated heterocycles. The normalized spacial score (nSPS) is 12.6. The monoisotopic (exact) mass is 457 g/mol. The molecule has 0 heterocycles. The van der Waals surface area contributed by atoms with Gasteiger partial charge in [-0.3, -0.25) is 14.5 Å². The Morgan fingerprint density at radius 1 is 0.677 bits per heavy atom. The summed E-state index contributed by atoms with van der Waals surface area (Å²) in [6, 6.07) is 18.5. The van der Waals surface area contributed by atoms with E-state index in [1.807, 2.05) is 0 Å². The van der Waals surface area contributed by atoms with Crippen LogP contribution in [0.4, 0.5) is 11.4 Å². The molecule has 0 aliphatic rings. The van der Waals surface area contributed by atoms with E-state index in [2.05, 4.69) is 15.8 Å². The first-order chi connectivity index (χ1) is 14.6. The third-order valence-corrected chi connectivity index (χ3v) is 6.39. The van der Waals surface area contributed by atoms with Crippen molar-refractivity contribution in [3.05, 3.63) is 72.8 Å². The van der Waals surface area contributed by atoms with E-state index >= 15 is 0 Å². The minimum Gasteiger partial charge on any atom is -0.282 e. The first-order valence-electron chi connectivity index (χ1n) is 8.80. The second kappa shape index (κ2) is 7.71. The van der Waals surface area contributed by atoms with Crippen molar-refractivity contribution in [1.82, 2.24) is 0 Å². The van der Waals surface area contributed by atoms with Crippen LogP contribution in [-0.4, -0.2) is 25.9 Å². The van der Waals surface area contributed by atoms with E-state index in [-0.39, 0.29) is 9.79 Å². The Bertz CT molecular complexity index is 1560. The van der Waals surface area contributed by atoms with Crippen molar-refractivity contribution in [3.63, 3.8) is 0 Å². The van der Waals surface area contributed by atoms with Gasteiger partial charge in [0.1, 0.15) is 9.79 Å². The predicted molar refractivity (Wildman–Crippen MR) is 116 cm³/mol. The van der Waals surface area contributed by atoms with Crippen LogP contribution in [0, 0.1) is 0 Å². The summed E-state index contributed by atoms with van der Waals surface area (Å²) in [7, 11) is -8.69. The number of anilines is 1. The van der Waals surface area contributed by atoms with E-state index in [0.29, 0.717) is 32.9 Å². The zero-order chi connectivity index (χ0) is 22.2. The highest BCUT2D eigenvalue weighted by molar-refractivity contribution is 7.86. The number of nitrogens with one attached hydrogen (secondary N) is 1. The summed E-state index contributed by atoms with van der Waals surface area (Å²) in [4.78, 5) is -0.370. The van der Waals surface area contributed by atoms with Crippen molar-refractivity contribution in [2.24, 2.45) is 10.3 Å². The summed E-state index contributed by atoms with van der Waals surface area (Å²) in [5.41, 5.74) is 3.72. The smallest absolute Gasteiger partial charge is 0.282 e. The fourth-order valence-electron chi connectivity index (χ4n) is 3.22. The Labute approximate surface area is 177 Å². The van der Waals surface area contributed by atoms with Crippen molar-refractivity contribution in [3.8, 4) is 0 Å². The summed E-state index contributed by atoms with van der Waals surface area (Å²) >= 11 is 0. The van der Waals surface area contributed by atoms with E-state index < -0.39 is 20.2 Å².